The standard InChI is InChI=1S/C14H19ClN4/c1-10-8-19(6-5-16-10)9-14-17-12-7-11(15)3-4-13(12)18(14)2/h3-4,7,10,16H,5-6,8-9H2,1-2H3/t10-/m1/s1. The van der Waals surface area contributed by atoms with E-state index in [1.807, 2.05) is 18.2 Å². The number of nitrogens with one attached hydrogen (secondary N) is 1. The zero-order chi connectivity index (χ0) is 13.4. The monoisotopic (exact) mass is 278 g/mol. The van der Waals surface area contributed by atoms with Gasteiger partial charge in [-0.2, -0.15) is 0 Å². The number of piperazine rings is 1. The summed E-state index contributed by atoms with van der Waals surface area (Å²) >= 11 is 6.02. The molecule has 0 aliphatic carbocycles. The SMILES string of the molecule is C[C@@H]1CN(Cc2nc3cc(Cl)ccc3n2C)CCN1. The second-order valence-corrected chi connectivity index (χ2v) is 5.75. The van der Waals surface area contributed by atoms with Gasteiger partial charge in [-0.15, -0.1) is 0 Å². The van der Waals surface area contributed by atoms with Gasteiger partial charge in [-0.1, -0.05) is 11.6 Å². The fourth-order valence-corrected chi connectivity index (χ4v) is 2.89. The number of hydrogen-bond acceptors (Lipinski definition) is 3. The number of nitrogens with zero attached hydrogens (tertiary/aromatic N) is 3. The lowest BCUT2D eigenvalue weighted by Gasteiger charge is -2.31. The zero-order valence-electron chi connectivity index (χ0n) is 11.4. The number of imidazole rings is 1. The minimum Gasteiger partial charge on any atom is -0.330 e. The Bertz CT molecular complexity index is 592. The third kappa shape index (κ3) is 2.61. The van der Waals surface area contributed by atoms with Crippen molar-refractivity contribution < 1.29 is 0 Å². The van der Waals surface area contributed by atoms with Crippen LogP contribution in [0.4, 0.5) is 0 Å². The van der Waals surface area contributed by atoms with Crippen LogP contribution in [0.2, 0.25) is 5.02 Å². The second-order valence-electron chi connectivity index (χ2n) is 5.31. The quantitative estimate of drug-likeness (QED) is 0.912. The predicted molar refractivity (Wildman–Crippen MR) is 78.5 cm³/mol. The molecule has 1 aliphatic rings. The number of rotatable bonds is 2. The minimum absolute atomic E-state index is 0.554. The Kier molecular flexibility index (Phi) is 3.48. The first-order valence-corrected chi connectivity index (χ1v) is 7.08. The van der Waals surface area contributed by atoms with Crippen LogP contribution in [0.15, 0.2) is 18.2 Å². The molecule has 1 aromatic heterocycles. The molecule has 0 bridgehead atoms. The highest BCUT2D eigenvalue weighted by molar-refractivity contribution is 6.31. The average Bonchev–Trinajstić information content (AvgIpc) is 2.66. The Labute approximate surface area is 118 Å². The molecule has 5 heteroatoms. The van der Waals surface area contributed by atoms with Gasteiger partial charge in [0.2, 0.25) is 0 Å². The molecule has 0 radical (unpaired) electrons. The van der Waals surface area contributed by atoms with Crippen LogP contribution in [-0.4, -0.2) is 40.1 Å². The van der Waals surface area contributed by atoms with Crippen molar-refractivity contribution in [2.24, 2.45) is 7.05 Å². The van der Waals surface area contributed by atoms with Crippen molar-refractivity contribution in [2.45, 2.75) is 19.5 Å². The maximum atomic E-state index is 6.02. The number of aryl methyl sites for hydroxylation is 1. The number of halogens is 1. The molecule has 19 heavy (non-hydrogen) atoms. The molecule has 102 valence electrons. The summed E-state index contributed by atoms with van der Waals surface area (Å²) in [5.41, 5.74) is 2.12. The van der Waals surface area contributed by atoms with Crippen molar-refractivity contribution in [3.05, 3.63) is 29.0 Å². The van der Waals surface area contributed by atoms with Crippen LogP contribution in [0.25, 0.3) is 11.0 Å². The summed E-state index contributed by atoms with van der Waals surface area (Å²) in [6, 6.07) is 6.44. The van der Waals surface area contributed by atoms with E-state index in [-0.39, 0.29) is 0 Å². The Morgan fingerprint density at radius 1 is 1.47 bits per heavy atom. The van der Waals surface area contributed by atoms with Crippen molar-refractivity contribution in [2.75, 3.05) is 19.6 Å². The van der Waals surface area contributed by atoms with Crippen LogP contribution in [0.5, 0.6) is 0 Å². The van der Waals surface area contributed by atoms with Gasteiger partial charge in [-0.25, -0.2) is 4.98 Å². The second kappa shape index (κ2) is 5.12. The first-order chi connectivity index (χ1) is 9.13. The molecule has 2 aromatic rings. The predicted octanol–water partition coefficient (Wildman–Crippen LogP) is 2.02. The molecular formula is C14H19ClN4. The van der Waals surface area contributed by atoms with Gasteiger partial charge in [0.15, 0.2) is 0 Å². The molecule has 3 rings (SSSR count). The van der Waals surface area contributed by atoms with Crippen LogP contribution < -0.4 is 5.32 Å². The van der Waals surface area contributed by atoms with Gasteiger partial charge in [0, 0.05) is 37.7 Å². The fraction of sp³-hybridized carbons (Fsp3) is 0.500. The van der Waals surface area contributed by atoms with Crippen molar-refractivity contribution in [3.8, 4) is 0 Å². The van der Waals surface area contributed by atoms with Crippen LogP contribution >= 0.6 is 11.6 Å². The third-order valence-electron chi connectivity index (χ3n) is 3.75. The Morgan fingerprint density at radius 3 is 3.11 bits per heavy atom. The van der Waals surface area contributed by atoms with E-state index in [0.717, 1.165) is 48.1 Å². The van der Waals surface area contributed by atoms with Crippen molar-refractivity contribution in [1.29, 1.82) is 0 Å². The van der Waals surface area contributed by atoms with Crippen molar-refractivity contribution in [1.82, 2.24) is 19.8 Å². The van der Waals surface area contributed by atoms with Crippen LogP contribution in [-0.2, 0) is 13.6 Å². The van der Waals surface area contributed by atoms with Gasteiger partial charge < -0.3 is 9.88 Å². The summed E-state index contributed by atoms with van der Waals surface area (Å²) < 4.78 is 2.17. The summed E-state index contributed by atoms with van der Waals surface area (Å²) in [6.45, 7) is 6.32. The molecule has 0 spiro atoms. The lowest BCUT2D eigenvalue weighted by Crippen LogP contribution is -2.48. The normalized spacial score (nSPS) is 21.1. The van der Waals surface area contributed by atoms with Gasteiger partial charge in [-0.05, 0) is 25.1 Å². The third-order valence-corrected chi connectivity index (χ3v) is 3.99. The summed E-state index contributed by atoms with van der Waals surface area (Å²) in [4.78, 5) is 7.16. The summed E-state index contributed by atoms with van der Waals surface area (Å²) in [5, 5.41) is 4.20. The Balaban J connectivity index is 1.86. The first-order valence-electron chi connectivity index (χ1n) is 6.70. The fourth-order valence-electron chi connectivity index (χ4n) is 2.72. The number of hydrogen-bond donors (Lipinski definition) is 1. The number of fused-ring (bicyclic) bond motifs is 1. The van der Waals surface area contributed by atoms with E-state index in [9.17, 15) is 0 Å². The van der Waals surface area contributed by atoms with Gasteiger partial charge in [-0.3, -0.25) is 4.90 Å². The molecule has 0 amide bonds. The number of benzene rings is 1. The highest BCUT2D eigenvalue weighted by Gasteiger charge is 2.18. The minimum atomic E-state index is 0.554. The van der Waals surface area contributed by atoms with Crippen molar-refractivity contribution >= 4 is 22.6 Å². The molecule has 0 unspecified atom stereocenters. The Morgan fingerprint density at radius 2 is 2.32 bits per heavy atom. The molecular weight excluding hydrogens is 260 g/mol. The molecule has 1 aliphatic heterocycles. The van der Waals surface area contributed by atoms with Gasteiger partial charge >= 0.3 is 0 Å². The highest BCUT2D eigenvalue weighted by Crippen LogP contribution is 2.20. The van der Waals surface area contributed by atoms with Crippen LogP contribution in [0, 0.1) is 0 Å². The molecule has 1 N–H and O–H groups in total. The molecule has 4 nitrogen and oxygen atoms in total. The van der Waals surface area contributed by atoms with E-state index in [1.165, 1.54) is 0 Å². The van der Waals surface area contributed by atoms with E-state index >= 15 is 0 Å². The smallest absolute Gasteiger partial charge is 0.123 e. The summed E-state index contributed by atoms with van der Waals surface area (Å²) in [7, 11) is 2.07. The van der Waals surface area contributed by atoms with Crippen LogP contribution in [0.1, 0.15) is 12.7 Å². The maximum absolute atomic E-state index is 6.02. The zero-order valence-corrected chi connectivity index (χ0v) is 12.1. The molecule has 1 atom stereocenters. The topological polar surface area (TPSA) is 33.1 Å². The lowest BCUT2D eigenvalue weighted by molar-refractivity contribution is 0.194. The van der Waals surface area contributed by atoms with E-state index in [4.69, 9.17) is 16.6 Å². The summed E-state index contributed by atoms with van der Waals surface area (Å²) in [6.07, 6.45) is 0. The molecule has 2 heterocycles. The Hall–Kier alpha value is -1.10. The van der Waals surface area contributed by atoms with E-state index in [0.29, 0.717) is 6.04 Å². The highest BCUT2D eigenvalue weighted by atomic mass is 35.5. The van der Waals surface area contributed by atoms with E-state index in [1.54, 1.807) is 0 Å². The molecule has 0 saturated carbocycles. The molecule has 1 saturated heterocycles. The van der Waals surface area contributed by atoms with Crippen molar-refractivity contribution in [3.63, 3.8) is 0 Å². The molecule has 1 fully saturated rings. The molecule has 1 aromatic carbocycles. The lowest BCUT2D eigenvalue weighted by atomic mass is 10.2. The average molecular weight is 279 g/mol. The largest absolute Gasteiger partial charge is 0.330 e. The van der Waals surface area contributed by atoms with E-state index < -0.39 is 0 Å². The first kappa shape index (κ1) is 12.9. The summed E-state index contributed by atoms with van der Waals surface area (Å²) in [5.74, 6) is 1.10. The van der Waals surface area contributed by atoms with Gasteiger partial charge in [0.1, 0.15) is 5.82 Å². The van der Waals surface area contributed by atoms with E-state index in [2.05, 4.69) is 28.8 Å². The van der Waals surface area contributed by atoms with Crippen LogP contribution in [0.3, 0.4) is 0 Å². The van der Waals surface area contributed by atoms with Gasteiger partial charge in [0.25, 0.3) is 0 Å². The number of aromatic nitrogens is 2. The maximum Gasteiger partial charge on any atom is 0.123 e. The van der Waals surface area contributed by atoms with Gasteiger partial charge in [0.05, 0.1) is 17.6 Å².